The molecule has 1 aliphatic carbocycles. The number of amides is 2. The second-order valence-corrected chi connectivity index (χ2v) is 6.15. The molecule has 1 aromatic carbocycles. The molecular weight excluding hydrogens is 294 g/mol. The quantitative estimate of drug-likeness (QED) is 0.807. The Labute approximate surface area is 134 Å². The molecule has 0 bridgehead atoms. The lowest BCUT2D eigenvalue weighted by atomic mass is 10.1. The van der Waals surface area contributed by atoms with Crippen molar-refractivity contribution < 1.29 is 14.4 Å². The van der Waals surface area contributed by atoms with Crippen LogP contribution in [0.2, 0.25) is 0 Å². The summed E-state index contributed by atoms with van der Waals surface area (Å²) in [5, 5.41) is 19.6. The second-order valence-electron chi connectivity index (χ2n) is 6.15. The van der Waals surface area contributed by atoms with Gasteiger partial charge in [0, 0.05) is 12.5 Å². The van der Waals surface area contributed by atoms with Crippen LogP contribution in [0.3, 0.4) is 0 Å². The van der Waals surface area contributed by atoms with Crippen LogP contribution in [-0.4, -0.2) is 22.4 Å². The van der Waals surface area contributed by atoms with E-state index in [1.165, 1.54) is 0 Å². The summed E-state index contributed by atoms with van der Waals surface area (Å²) in [5.74, 6) is 0.891. The van der Waals surface area contributed by atoms with E-state index in [-0.39, 0.29) is 24.5 Å². The Hall–Kier alpha value is -2.34. The van der Waals surface area contributed by atoms with E-state index in [0.29, 0.717) is 12.2 Å². The SMILES string of the molecule is CC(C)c1cc(CNC(=O)NC2c3ccccc3CC2O)on1. The molecule has 122 valence electrons. The minimum Gasteiger partial charge on any atom is -0.390 e. The molecule has 1 aliphatic rings. The van der Waals surface area contributed by atoms with Crippen LogP contribution in [0, 0.1) is 0 Å². The first kappa shape index (κ1) is 15.6. The van der Waals surface area contributed by atoms with Crippen LogP contribution in [0.5, 0.6) is 0 Å². The Morgan fingerprint density at radius 2 is 2.22 bits per heavy atom. The minimum absolute atomic E-state index is 0.260. The van der Waals surface area contributed by atoms with Crippen LogP contribution in [0.1, 0.15) is 48.4 Å². The van der Waals surface area contributed by atoms with Gasteiger partial charge in [-0.15, -0.1) is 0 Å². The van der Waals surface area contributed by atoms with Crippen LogP contribution >= 0.6 is 0 Å². The van der Waals surface area contributed by atoms with Gasteiger partial charge in [0.25, 0.3) is 0 Å². The zero-order valence-corrected chi connectivity index (χ0v) is 13.2. The van der Waals surface area contributed by atoms with Gasteiger partial charge in [-0.1, -0.05) is 43.3 Å². The maximum Gasteiger partial charge on any atom is 0.315 e. The van der Waals surface area contributed by atoms with Gasteiger partial charge < -0.3 is 20.3 Å². The lowest BCUT2D eigenvalue weighted by Gasteiger charge is -2.18. The number of benzene rings is 1. The molecule has 1 aromatic heterocycles. The van der Waals surface area contributed by atoms with Gasteiger partial charge in [0.1, 0.15) is 0 Å². The number of aliphatic hydroxyl groups excluding tert-OH is 1. The van der Waals surface area contributed by atoms with Crippen molar-refractivity contribution in [3.05, 3.63) is 52.9 Å². The molecule has 0 saturated carbocycles. The molecule has 2 atom stereocenters. The number of rotatable bonds is 4. The predicted molar refractivity (Wildman–Crippen MR) is 84.9 cm³/mol. The maximum absolute atomic E-state index is 12.1. The van der Waals surface area contributed by atoms with E-state index in [1.54, 1.807) is 0 Å². The van der Waals surface area contributed by atoms with Crippen molar-refractivity contribution in [1.29, 1.82) is 0 Å². The lowest BCUT2D eigenvalue weighted by Crippen LogP contribution is -2.40. The molecule has 3 rings (SSSR count). The summed E-state index contributed by atoms with van der Waals surface area (Å²) in [7, 11) is 0. The molecule has 0 spiro atoms. The monoisotopic (exact) mass is 315 g/mol. The summed E-state index contributed by atoms with van der Waals surface area (Å²) >= 11 is 0. The first-order valence-corrected chi connectivity index (χ1v) is 7.80. The number of hydrogen-bond donors (Lipinski definition) is 3. The number of nitrogens with zero attached hydrogens (tertiary/aromatic N) is 1. The Balaban J connectivity index is 1.57. The molecule has 23 heavy (non-hydrogen) atoms. The Morgan fingerprint density at radius 1 is 1.43 bits per heavy atom. The van der Waals surface area contributed by atoms with Gasteiger partial charge >= 0.3 is 6.03 Å². The normalized spacial score (nSPS) is 19.7. The van der Waals surface area contributed by atoms with E-state index in [4.69, 9.17) is 4.52 Å². The second kappa shape index (κ2) is 6.42. The van der Waals surface area contributed by atoms with E-state index in [0.717, 1.165) is 16.8 Å². The van der Waals surface area contributed by atoms with Crippen LogP contribution in [0.25, 0.3) is 0 Å². The number of fused-ring (bicyclic) bond motifs is 1. The fraction of sp³-hybridized carbons (Fsp3) is 0.412. The molecule has 6 nitrogen and oxygen atoms in total. The summed E-state index contributed by atoms with van der Waals surface area (Å²) in [6.07, 6.45) is -0.0444. The zero-order valence-electron chi connectivity index (χ0n) is 13.2. The summed E-state index contributed by atoms with van der Waals surface area (Å²) < 4.78 is 5.18. The molecule has 6 heteroatoms. The van der Waals surface area contributed by atoms with E-state index < -0.39 is 6.10 Å². The van der Waals surface area contributed by atoms with Crippen LogP contribution in [0.4, 0.5) is 4.79 Å². The van der Waals surface area contributed by atoms with Crippen molar-refractivity contribution in [3.63, 3.8) is 0 Å². The van der Waals surface area contributed by atoms with Crippen LogP contribution < -0.4 is 10.6 Å². The summed E-state index contributed by atoms with van der Waals surface area (Å²) in [4.78, 5) is 12.1. The average molecular weight is 315 g/mol. The molecule has 2 unspecified atom stereocenters. The highest BCUT2D eigenvalue weighted by molar-refractivity contribution is 5.74. The topological polar surface area (TPSA) is 87.4 Å². The number of hydrogen-bond acceptors (Lipinski definition) is 4. The van der Waals surface area contributed by atoms with Crippen molar-refractivity contribution in [2.45, 2.75) is 44.9 Å². The summed E-state index contributed by atoms with van der Waals surface area (Å²) in [6.45, 7) is 4.32. The standard InChI is InChI=1S/C17H21N3O3/c1-10(2)14-8-12(23-20-14)9-18-17(22)19-16-13-6-4-3-5-11(13)7-15(16)21/h3-6,8,10,15-16,21H,7,9H2,1-2H3,(H2,18,19,22). The molecule has 2 aromatic rings. The highest BCUT2D eigenvalue weighted by atomic mass is 16.5. The Kier molecular flexibility index (Phi) is 4.34. The first-order chi connectivity index (χ1) is 11.0. The highest BCUT2D eigenvalue weighted by Crippen LogP contribution is 2.31. The number of urea groups is 1. The van der Waals surface area contributed by atoms with Crippen LogP contribution in [0.15, 0.2) is 34.9 Å². The molecule has 0 fully saturated rings. The van der Waals surface area contributed by atoms with Gasteiger partial charge in [0.15, 0.2) is 5.76 Å². The number of carbonyl (C=O) groups excluding carboxylic acids is 1. The van der Waals surface area contributed by atoms with Gasteiger partial charge in [-0.25, -0.2) is 4.79 Å². The van der Waals surface area contributed by atoms with E-state index >= 15 is 0 Å². The molecule has 2 amide bonds. The number of aromatic nitrogens is 1. The van der Waals surface area contributed by atoms with Crippen molar-refractivity contribution in [3.8, 4) is 0 Å². The number of carbonyl (C=O) groups is 1. The molecule has 0 saturated heterocycles. The smallest absolute Gasteiger partial charge is 0.315 e. The zero-order chi connectivity index (χ0) is 16.4. The fourth-order valence-corrected chi connectivity index (χ4v) is 2.79. The van der Waals surface area contributed by atoms with Gasteiger partial charge in [0.2, 0.25) is 0 Å². The van der Waals surface area contributed by atoms with Gasteiger partial charge in [0.05, 0.1) is 24.4 Å². The Morgan fingerprint density at radius 3 is 2.96 bits per heavy atom. The van der Waals surface area contributed by atoms with Gasteiger partial charge in [-0.05, 0) is 17.0 Å². The van der Waals surface area contributed by atoms with Gasteiger partial charge in [-0.2, -0.15) is 0 Å². The fourth-order valence-electron chi connectivity index (χ4n) is 2.79. The van der Waals surface area contributed by atoms with E-state index in [9.17, 15) is 9.90 Å². The molecule has 3 N–H and O–H groups in total. The highest BCUT2D eigenvalue weighted by Gasteiger charge is 2.31. The first-order valence-electron chi connectivity index (χ1n) is 7.80. The summed E-state index contributed by atoms with van der Waals surface area (Å²) in [6, 6.07) is 8.86. The number of aliphatic hydroxyl groups is 1. The summed E-state index contributed by atoms with van der Waals surface area (Å²) in [5.41, 5.74) is 2.90. The minimum atomic E-state index is -0.601. The molecule has 0 aliphatic heterocycles. The third kappa shape index (κ3) is 3.37. The lowest BCUT2D eigenvalue weighted by molar-refractivity contribution is 0.142. The molecule has 0 radical (unpaired) electrons. The third-order valence-corrected chi connectivity index (χ3v) is 4.08. The number of nitrogens with one attached hydrogen (secondary N) is 2. The molecular formula is C17H21N3O3. The van der Waals surface area contributed by atoms with Gasteiger partial charge in [-0.3, -0.25) is 0 Å². The maximum atomic E-state index is 12.1. The molecule has 1 heterocycles. The van der Waals surface area contributed by atoms with Crippen molar-refractivity contribution in [2.75, 3.05) is 0 Å². The van der Waals surface area contributed by atoms with Crippen LogP contribution in [-0.2, 0) is 13.0 Å². The third-order valence-electron chi connectivity index (χ3n) is 4.08. The van der Waals surface area contributed by atoms with E-state index in [1.807, 2.05) is 44.2 Å². The van der Waals surface area contributed by atoms with Crippen molar-refractivity contribution >= 4 is 6.03 Å². The predicted octanol–water partition coefficient (Wildman–Crippen LogP) is 2.26. The average Bonchev–Trinajstić information content (AvgIpc) is 3.11. The van der Waals surface area contributed by atoms with E-state index in [2.05, 4.69) is 15.8 Å². The van der Waals surface area contributed by atoms with Crippen molar-refractivity contribution in [2.24, 2.45) is 0 Å². The largest absolute Gasteiger partial charge is 0.390 e. The Bertz CT molecular complexity index is 696. The van der Waals surface area contributed by atoms with Crippen molar-refractivity contribution in [1.82, 2.24) is 15.8 Å².